The Morgan fingerprint density at radius 3 is 2.82 bits per heavy atom. The number of aromatic nitrogens is 1. The van der Waals surface area contributed by atoms with Crippen LogP contribution in [-0.4, -0.2) is 18.0 Å². The fourth-order valence-electron chi connectivity index (χ4n) is 2.27. The van der Waals surface area contributed by atoms with Crippen LogP contribution in [0.1, 0.15) is 16.1 Å². The maximum atomic E-state index is 13.5. The molecule has 0 aliphatic carbocycles. The zero-order valence-electron chi connectivity index (χ0n) is 12.0. The van der Waals surface area contributed by atoms with Crippen LogP contribution in [0, 0.1) is 5.82 Å². The molecule has 112 valence electrons. The minimum absolute atomic E-state index is 0.143. The summed E-state index contributed by atoms with van der Waals surface area (Å²) in [4.78, 5) is 15.2. The van der Waals surface area contributed by atoms with Crippen molar-refractivity contribution in [3.8, 4) is 5.75 Å². The van der Waals surface area contributed by atoms with Gasteiger partial charge in [0.2, 0.25) is 0 Å². The molecule has 1 amide bonds. The van der Waals surface area contributed by atoms with Gasteiger partial charge in [0.25, 0.3) is 5.91 Å². The lowest BCUT2D eigenvalue weighted by molar-refractivity contribution is 0.0946. The van der Waals surface area contributed by atoms with Gasteiger partial charge < -0.3 is 15.0 Å². The molecule has 3 aromatic rings. The van der Waals surface area contributed by atoms with E-state index in [4.69, 9.17) is 4.74 Å². The number of carbonyl (C=O) groups excluding carboxylic acids is 1. The van der Waals surface area contributed by atoms with E-state index in [1.54, 1.807) is 31.4 Å². The molecule has 2 aromatic carbocycles. The van der Waals surface area contributed by atoms with E-state index in [2.05, 4.69) is 10.3 Å². The normalized spacial score (nSPS) is 10.6. The SMILES string of the molecule is COc1ccc2[nH]c(C(=O)NCc3ccccc3F)cc2c1. The summed E-state index contributed by atoms with van der Waals surface area (Å²) in [6.45, 7) is 0.143. The van der Waals surface area contributed by atoms with Crippen molar-refractivity contribution >= 4 is 16.8 Å². The molecule has 3 rings (SSSR count). The van der Waals surface area contributed by atoms with E-state index < -0.39 is 0 Å². The number of aromatic amines is 1. The molecule has 0 spiro atoms. The van der Waals surface area contributed by atoms with Gasteiger partial charge in [-0.05, 0) is 30.3 Å². The maximum Gasteiger partial charge on any atom is 0.267 e. The number of carbonyl (C=O) groups is 1. The van der Waals surface area contributed by atoms with Crippen molar-refractivity contribution in [1.82, 2.24) is 10.3 Å². The van der Waals surface area contributed by atoms with Crippen molar-refractivity contribution in [3.63, 3.8) is 0 Å². The van der Waals surface area contributed by atoms with Gasteiger partial charge in [-0.3, -0.25) is 4.79 Å². The first kappa shape index (κ1) is 14.1. The molecule has 0 atom stereocenters. The average Bonchev–Trinajstić information content (AvgIpc) is 2.96. The molecule has 0 saturated carbocycles. The second kappa shape index (κ2) is 5.89. The van der Waals surface area contributed by atoms with Crippen LogP contribution in [0.15, 0.2) is 48.5 Å². The second-order valence-electron chi connectivity index (χ2n) is 4.91. The lowest BCUT2D eigenvalue weighted by atomic mass is 10.2. The van der Waals surface area contributed by atoms with Gasteiger partial charge in [0.05, 0.1) is 7.11 Å². The third kappa shape index (κ3) is 2.79. The summed E-state index contributed by atoms with van der Waals surface area (Å²) in [7, 11) is 1.59. The number of amides is 1. The van der Waals surface area contributed by atoms with Crippen LogP contribution in [-0.2, 0) is 6.54 Å². The molecule has 0 fully saturated rings. The van der Waals surface area contributed by atoms with Gasteiger partial charge in [-0.15, -0.1) is 0 Å². The molecular weight excluding hydrogens is 283 g/mol. The van der Waals surface area contributed by atoms with E-state index in [0.717, 1.165) is 16.7 Å². The summed E-state index contributed by atoms with van der Waals surface area (Å²) in [5, 5.41) is 3.59. The first-order valence-corrected chi connectivity index (χ1v) is 6.86. The second-order valence-corrected chi connectivity index (χ2v) is 4.91. The number of hydrogen-bond acceptors (Lipinski definition) is 2. The monoisotopic (exact) mass is 298 g/mol. The van der Waals surface area contributed by atoms with Crippen LogP contribution in [0.2, 0.25) is 0 Å². The van der Waals surface area contributed by atoms with Gasteiger partial charge in [-0.1, -0.05) is 18.2 Å². The van der Waals surface area contributed by atoms with Crippen LogP contribution in [0.3, 0.4) is 0 Å². The number of methoxy groups -OCH3 is 1. The summed E-state index contributed by atoms with van der Waals surface area (Å²) >= 11 is 0. The van der Waals surface area contributed by atoms with Crippen molar-refractivity contribution in [3.05, 3.63) is 65.6 Å². The van der Waals surface area contributed by atoms with E-state index in [9.17, 15) is 9.18 Å². The van der Waals surface area contributed by atoms with Crippen molar-refractivity contribution in [2.45, 2.75) is 6.54 Å². The largest absolute Gasteiger partial charge is 0.497 e. The molecule has 0 saturated heterocycles. The van der Waals surface area contributed by atoms with Crippen LogP contribution in [0.4, 0.5) is 4.39 Å². The van der Waals surface area contributed by atoms with Gasteiger partial charge in [0.1, 0.15) is 17.3 Å². The number of fused-ring (bicyclic) bond motifs is 1. The minimum atomic E-state index is -0.329. The first-order valence-electron chi connectivity index (χ1n) is 6.86. The molecule has 2 N–H and O–H groups in total. The standard InChI is InChI=1S/C17H15FN2O2/c1-22-13-6-7-15-12(8-13)9-16(20-15)17(21)19-10-11-4-2-3-5-14(11)18/h2-9,20H,10H2,1H3,(H,19,21). The molecule has 4 nitrogen and oxygen atoms in total. The van der Waals surface area contributed by atoms with E-state index in [-0.39, 0.29) is 18.3 Å². The van der Waals surface area contributed by atoms with E-state index in [0.29, 0.717) is 11.3 Å². The Morgan fingerprint density at radius 2 is 2.05 bits per heavy atom. The zero-order chi connectivity index (χ0) is 15.5. The Hall–Kier alpha value is -2.82. The lowest BCUT2D eigenvalue weighted by Crippen LogP contribution is -2.23. The number of ether oxygens (including phenoxy) is 1. The highest BCUT2D eigenvalue weighted by Gasteiger charge is 2.10. The van der Waals surface area contributed by atoms with Crippen LogP contribution >= 0.6 is 0 Å². The summed E-state index contributed by atoms with van der Waals surface area (Å²) in [5.41, 5.74) is 1.73. The molecule has 0 bridgehead atoms. The number of nitrogens with one attached hydrogen (secondary N) is 2. The summed E-state index contributed by atoms with van der Waals surface area (Å²) < 4.78 is 18.7. The van der Waals surface area contributed by atoms with Crippen LogP contribution in [0.25, 0.3) is 10.9 Å². The smallest absolute Gasteiger partial charge is 0.267 e. The van der Waals surface area contributed by atoms with E-state index >= 15 is 0 Å². The highest BCUT2D eigenvalue weighted by Crippen LogP contribution is 2.21. The molecule has 1 heterocycles. The van der Waals surface area contributed by atoms with E-state index in [1.165, 1.54) is 6.07 Å². The van der Waals surface area contributed by atoms with Gasteiger partial charge >= 0.3 is 0 Å². The third-order valence-electron chi connectivity index (χ3n) is 3.47. The molecule has 0 aliphatic heterocycles. The van der Waals surface area contributed by atoms with Crippen molar-refractivity contribution < 1.29 is 13.9 Å². The summed E-state index contributed by atoms with van der Waals surface area (Å²) in [6.07, 6.45) is 0. The van der Waals surface area contributed by atoms with E-state index in [1.807, 2.05) is 18.2 Å². The van der Waals surface area contributed by atoms with Gasteiger partial charge in [-0.2, -0.15) is 0 Å². The number of benzene rings is 2. The topological polar surface area (TPSA) is 54.1 Å². The molecule has 0 aliphatic rings. The zero-order valence-corrected chi connectivity index (χ0v) is 12.0. The molecule has 0 unspecified atom stereocenters. The Kier molecular flexibility index (Phi) is 3.78. The van der Waals surface area contributed by atoms with Gasteiger partial charge in [-0.25, -0.2) is 4.39 Å². The number of hydrogen-bond donors (Lipinski definition) is 2. The highest BCUT2D eigenvalue weighted by atomic mass is 19.1. The predicted octanol–water partition coefficient (Wildman–Crippen LogP) is 3.25. The fraction of sp³-hybridized carbons (Fsp3) is 0.118. The number of H-pyrrole nitrogens is 1. The lowest BCUT2D eigenvalue weighted by Gasteiger charge is -2.04. The third-order valence-corrected chi connectivity index (χ3v) is 3.47. The minimum Gasteiger partial charge on any atom is -0.497 e. The summed E-state index contributed by atoms with van der Waals surface area (Å²) in [6, 6.07) is 13.6. The highest BCUT2D eigenvalue weighted by molar-refractivity contribution is 5.98. The molecule has 22 heavy (non-hydrogen) atoms. The maximum absolute atomic E-state index is 13.5. The van der Waals surface area contributed by atoms with Crippen LogP contribution < -0.4 is 10.1 Å². The first-order chi connectivity index (χ1) is 10.7. The van der Waals surface area contributed by atoms with Crippen LogP contribution in [0.5, 0.6) is 5.75 Å². The molecule has 0 radical (unpaired) electrons. The van der Waals surface area contributed by atoms with Gasteiger partial charge in [0.15, 0.2) is 0 Å². The Bertz CT molecular complexity index is 826. The molecule has 1 aromatic heterocycles. The quantitative estimate of drug-likeness (QED) is 0.777. The van der Waals surface area contributed by atoms with Gasteiger partial charge in [0, 0.05) is 23.0 Å². The Morgan fingerprint density at radius 1 is 1.23 bits per heavy atom. The van der Waals surface area contributed by atoms with Crippen molar-refractivity contribution in [2.75, 3.05) is 7.11 Å². The fourth-order valence-corrected chi connectivity index (χ4v) is 2.27. The molecular formula is C17H15FN2O2. The number of halogens is 1. The average molecular weight is 298 g/mol. The number of rotatable bonds is 4. The molecule has 5 heteroatoms. The Labute approximate surface area is 126 Å². The van der Waals surface area contributed by atoms with Crippen molar-refractivity contribution in [1.29, 1.82) is 0 Å². The summed E-state index contributed by atoms with van der Waals surface area (Å²) in [5.74, 6) is 0.118. The van der Waals surface area contributed by atoms with Crippen molar-refractivity contribution in [2.24, 2.45) is 0 Å². The Balaban J connectivity index is 1.76. The predicted molar refractivity (Wildman–Crippen MR) is 82.4 cm³/mol.